The summed E-state index contributed by atoms with van der Waals surface area (Å²) in [7, 11) is 3.38. The lowest BCUT2D eigenvalue weighted by Gasteiger charge is -2.39. The highest BCUT2D eigenvalue weighted by Crippen LogP contribution is 2.39. The molecular formula is C35H37Cl2NO4. The van der Waals surface area contributed by atoms with Crippen LogP contribution in [0.15, 0.2) is 91.0 Å². The number of methoxy groups -OCH3 is 2. The number of ether oxygens (including phenoxy) is 4. The van der Waals surface area contributed by atoms with E-state index in [2.05, 4.69) is 36.4 Å². The molecule has 1 heterocycles. The minimum Gasteiger partial charge on any atom is -0.496 e. The molecule has 1 saturated heterocycles. The molecule has 2 atom stereocenters. The molecule has 4 aromatic carbocycles. The van der Waals surface area contributed by atoms with E-state index in [1.807, 2.05) is 65.6 Å². The summed E-state index contributed by atoms with van der Waals surface area (Å²) in [5.41, 5.74) is 3.33. The fourth-order valence-corrected chi connectivity index (χ4v) is 5.95. The van der Waals surface area contributed by atoms with E-state index in [0.717, 1.165) is 53.0 Å². The van der Waals surface area contributed by atoms with E-state index >= 15 is 0 Å². The van der Waals surface area contributed by atoms with E-state index in [1.54, 1.807) is 14.2 Å². The molecule has 42 heavy (non-hydrogen) atoms. The summed E-state index contributed by atoms with van der Waals surface area (Å²) >= 11 is 12.6. The summed E-state index contributed by atoms with van der Waals surface area (Å²) in [6.45, 7) is 2.41. The molecule has 5 nitrogen and oxygen atoms in total. The summed E-state index contributed by atoms with van der Waals surface area (Å²) in [5.74, 6) is 2.63. The van der Waals surface area contributed by atoms with E-state index < -0.39 is 4.96 Å². The molecule has 0 radical (unpaired) electrons. The first-order valence-electron chi connectivity index (χ1n) is 14.3. The lowest BCUT2D eigenvalue weighted by Crippen LogP contribution is -2.45. The Labute approximate surface area is 258 Å². The fraction of sp³-hybridized carbons (Fsp3) is 0.314. The highest BCUT2D eigenvalue weighted by atomic mass is 35.5. The summed E-state index contributed by atoms with van der Waals surface area (Å²) < 4.78 is 24.2. The molecule has 1 aliphatic heterocycles. The molecule has 0 saturated carbocycles. The number of hydrogen-bond donors (Lipinski definition) is 0. The maximum absolute atomic E-state index is 6.63. The van der Waals surface area contributed by atoms with Gasteiger partial charge in [-0.2, -0.15) is 0 Å². The van der Waals surface area contributed by atoms with Gasteiger partial charge in [0.15, 0.2) is 4.96 Å². The number of nitrogens with zero attached hydrogens (tertiary/aromatic N) is 1. The second-order valence-corrected chi connectivity index (χ2v) is 11.4. The maximum Gasteiger partial charge on any atom is 0.160 e. The van der Waals surface area contributed by atoms with Gasteiger partial charge in [-0.25, -0.2) is 0 Å². The van der Waals surface area contributed by atoms with E-state index in [1.165, 1.54) is 11.1 Å². The number of rotatable bonds is 12. The van der Waals surface area contributed by atoms with Crippen molar-refractivity contribution >= 4 is 40.1 Å². The van der Waals surface area contributed by atoms with Gasteiger partial charge in [0.1, 0.15) is 17.2 Å². The van der Waals surface area contributed by atoms with Crippen molar-refractivity contribution in [2.75, 3.05) is 33.9 Å². The van der Waals surface area contributed by atoms with Gasteiger partial charge in [0, 0.05) is 35.3 Å². The Hall–Kier alpha value is -3.22. The molecule has 0 bridgehead atoms. The number of alkyl halides is 2. The van der Waals surface area contributed by atoms with Crippen LogP contribution in [-0.2, 0) is 11.3 Å². The van der Waals surface area contributed by atoms with Crippen molar-refractivity contribution in [3.05, 3.63) is 108 Å². The zero-order valence-electron chi connectivity index (χ0n) is 24.0. The average molecular weight is 607 g/mol. The van der Waals surface area contributed by atoms with Gasteiger partial charge in [-0.1, -0.05) is 102 Å². The Bertz CT molecular complexity index is 1460. The van der Waals surface area contributed by atoms with Crippen molar-refractivity contribution in [3.63, 3.8) is 0 Å². The van der Waals surface area contributed by atoms with Crippen molar-refractivity contribution in [1.82, 2.24) is 4.90 Å². The Morgan fingerprint density at radius 3 is 2.36 bits per heavy atom. The molecule has 0 N–H and O–H groups in total. The predicted octanol–water partition coefficient (Wildman–Crippen LogP) is 8.48. The van der Waals surface area contributed by atoms with Gasteiger partial charge in [-0.05, 0) is 42.2 Å². The summed E-state index contributed by atoms with van der Waals surface area (Å²) in [6.07, 6.45) is 5.86. The van der Waals surface area contributed by atoms with Crippen LogP contribution in [0.25, 0.3) is 16.8 Å². The predicted molar refractivity (Wildman–Crippen MR) is 172 cm³/mol. The second-order valence-electron chi connectivity index (χ2n) is 10.4. The standard InChI is InChI=1S/C35H37Cl2NO4/c1-39-32-22-27(34(40-2)31-14-7-6-13-30(31)32)24-42-33-23-38(35(36)37)20-19-29(33)26-15-17-28(18-16-26)41-21-9-8-12-25-10-4-3-5-11-25/h3-8,10-18,22,29,33,35H,9,19-21,23-24H2,1-2H3. The molecule has 1 aliphatic rings. The van der Waals surface area contributed by atoms with Crippen LogP contribution in [0.5, 0.6) is 17.2 Å². The number of piperidine rings is 1. The van der Waals surface area contributed by atoms with Gasteiger partial charge in [0.2, 0.25) is 0 Å². The SMILES string of the molecule is COc1cc(COC2CN(C(Cl)Cl)CCC2c2ccc(OCCC=Cc3ccccc3)cc2)c(OC)c2ccccc12. The van der Waals surface area contributed by atoms with E-state index in [4.69, 9.17) is 42.1 Å². The first-order chi connectivity index (χ1) is 20.6. The third-order valence-electron chi connectivity index (χ3n) is 7.75. The van der Waals surface area contributed by atoms with E-state index in [0.29, 0.717) is 19.8 Å². The minimum atomic E-state index is -0.584. The number of halogens is 2. The Kier molecular flexibility index (Phi) is 10.7. The summed E-state index contributed by atoms with van der Waals surface area (Å²) in [5, 5.41) is 2.00. The van der Waals surface area contributed by atoms with Crippen LogP contribution in [-0.4, -0.2) is 49.9 Å². The zero-order valence-corrected chi connectivity index (χ0v) is 25.6. The molecule has 0 aromatic heterocycles. The molecule has 1 fully saturated rings. The lowest BCUT2D eigenvalue weighted by atomic mass is 9.87. The van der Waals surface area contributed by atoms with Gasteiger partial charge < -0.3 is 18.9 Å². The molecule has 0 amide bonds. The minimum absolute atomic E-state index is 0.115. The molecule has 5 rings (SSSR count). The first kappa shape index (κ1) is 30.2. The monoisotopic (exact) mass is 605 g/mol. The molecular weight excluding hydrogens is 569 g/mol. The third-order valence-corrected chi connectivity index (χ3v) is 8.30. The molecule has 0 spiro atoms. The van der Waals surface area contributed by atoms with Gasteiger partial charge in [0.05, 0.1) is 33.5 Å². The van der Waals surface area contributed by atoms with Crippen LogP contribution in [0.3, 0.4) is 0 Å². The van der Waals surface area contributed by atoms with Gasteiger partial charge >= 0.3 is 0 Å². The molecule has 2 unspecified atom stereocenters. The number of hydrogen-bond acceptors (Lipinski definition) is 5. The molecule has 4 aromatic rings. The van der Waals surface area contributed by atoms with E-state index in [-0.39, 0.29) is 12.0 Å². The fourth-order valence-electron chi connectivity index (χ4n) is 5.59. The molecule has 7 heteroatoms. The first-order valence-corrected chi connectivity index (χ1v) is 15.2. The molecule has 220 valence electrons. The number of likely N-dealkylation sites (tertiary alicyclic amines) is 1. The van der Waals surface area contributed by atoms with Crippen LogP contribution in [0.1, 0.15) is 35.4 Å². The Balaban J connectivity index is 1.26. The second kappa shape index (κ2) is 14.8. The summed E-state index contributed by atoms with van der Waals surface area (Å²) in [6, 6.07) is 28.7. The van der Waals surface area contributed by atoms with Crippen LogP contribution >= 0.6 is 23.2 Å². The van der Waals surface area contributed by atoms with Crippen LogP contribution in [0.2, 0.25) is 0 Å². The Morgan fingerprint density at radius 1 is 0.905 bits per heavy atom. The largest absolute Gasteiger partial charge is 0.496 e. The van der Waals surface area contributed by atoms with Crippen LogP contribution < -0.4 is 14.2 Å². The zero-order chi connectivity index (χ0) is 29.3. The average Bonchev–Trinajstić information content (AvgIpc) is 3.03. The maximum atomic E-state index is 6.63. The van der Waals surface area contributed by atoms with Crippen LogP contribution in [0.4, 0.5) is 0 Å². The lowest BCUT2D eigenvalue weighted by molar-refractivity contribution is -0.0231. The van der Waals surface area contributed by atoms with Crippen molar-refractivity contribution in [1.29, 1.82) is 0 Å². The smallest absolute Gasteiger partial charge is 0.160 e. The van der Waals surface area contributed by atoms with Gasteiger partial charge in [0.25, 0.3) is 0 Å². The van der Waals surface area contributed by atoms with Crippen molar-refractivity contribution in [3.8, 4) is 17.2 Å². The quantitative estimate of drug-likeness (QED) is 0.0919. The third kappa shape index (κ3) is 7.40. The normalized spacial score (nSPS) is 17.6. The summed E-state index contributed by atoms with van der Waals surface area (Å²) in [4.78, 5) is 1.46. The molecule has 0 aliphatic carbocycles. The Morgan fingerprint density at radius 2 is 1.64 bits per heavy atom. The highest BCUT2D eigenvalue weighted by Gasteiger charge is 2.33. The van der Waals surface area contributed by atoms with Gasteiger partial charge in [-0.3, -0.25) is 4.90 Å². The number of fused-ring (bicyclic) bond motifs is 1. The van der Waals surface area contributed by atoms with Crippen molar-refractivity contribution in [2.24, 2.45) is 0 Å². The topological polar surface area (TPSA) is 40.2 Å². The van der Waals surface area contributed by atoms with Crippen molar-refractivity contribution < 1.29 is 18.9 Å². The van der Waals surface area contributed by atoms with Gasteiger partial charge in [-0.15, -0.1) is 0 Å². The number of benzene rings is 4. The van der Waals surface area contributed by atoms with Crippen LogP contribution in [0, 0.1) is 0 Å². The highest BCUT2D eigenvalue weighted by molar-refractivity contribution is 6.43. The van der Waals surface area contributed by atoms with E-state index in [9.17, 15) is 0 Å². The van der Waals surface area contributed by atoms with Crippen molar-refractivity contribution in [2.45, 2.75) is 36.4 Å².